The number of Topliss-reactive ketones (excluding diaryl/α,β-unsaturated/α-hetero) is 1. The van der Waals surface area contributed by atoms with Crippen molar-refractivity contribution >= 4 is 23.6 Å². The molecule has 2 amide bonds. The molecule has 1 aliphatic carbocycles. The van der Waals surface area contributed by atoms with Crippen molar-refractivity contribution in [1.29, 1.82) is 0 Å². The van der Waals surface area contributed by atoms with Gasteiger partial charge >= 0.3 is 5.97 Å². The quantitative estimate of drug-likeness (QED) is 0.415. The van der Waals surface area contributed by atoms with Crippen molar-refractivity contribution in [2.45, 2.75) is 72.4 Å². The van der Waals surface area contributed by atoms with Crippen LogP contribution >= 0.6 is 0 Å². The predicted octanol–water partition coefficient (Wildman–Crippen LogP) is 2.98. The maximum atomic E-state index is 12.6. The third-order valence-corrected chi connectivity index (χ3v) is 6.25. The van der Waals surface area contributed by atoms with Crippen LogP contribution in [0.5, 0.6) is 0 Å². The number of likely N-dealkylation sites (tertiary alicyclic amines) is 1. The molecule has 0 radical (unpaired) electrons. The molecule has 7 heteroatoms. The molecule has 7 nitrogen and oxygen atoms in total. The number of amides is 2. The van der Waals surface area contributed by atoms with Crippen LogP contribution in [0, 0.1) is 25.7 Å². The molecule has 0 bridgehead atoms. The first-order valence-corrected chi connectivity index (χ1v) is 10.4. The number of rotatable bonds is 6. The zero-order chi connectivity index (χ0) is 21.5. The largest absolute Gasteiger partial charge is 0.456 e. The van der Waals surface area contributed by atoms with Crippen LogP contribution in [-0.4, -0.2) is 45.7 Å². The van der Waals surface area contributed by atoms with E-state index in [1.807, 2.05) is 27.7 Å². The second-order valence-corrected chi connectivity index (χ2v) is 8.50. The summed E-state index contributed by atoms with van der Waals surface area (Å²) in [6.45, 7) is 8.96. The van der Waals surface area contributed by atoms with Crippen molar-refractivity contribution in [2.24, 2.45) is 11.8 Å². The number of esters is 1. The van der Waals surface area contributed by atoms with Gasteiger partial charge in [-0.05, 0) is 53.5 Å². The number of nitrogens with zero attached hydrogens (tertiary/aromatic N) is 2. The molecule has 3 rings (SSSR count). The third kappa shape index (κ3) is 3.74. The number of hydrogen-bond donors (Lipinski definition) is 0. The Balaban J connectivity index is 1.65. The number of fused-ring (bicyclic) bond motifs is 1. The molecule has 158 valence electrons. The van der Waals surface area contributed by atoms with Gasteiger partial charge in [0.2, 0.25) is 17.6 Å². The highest BCUT2D eigenvalue weighted by Gasteiger charge is 2.51. The Bertz CT molecular complexity index is 830. The van der Waals surface area contributed by atoms with Crippen LogP contribution in [0.3, 0.4) is 0 Å². The van der Waals surface area contributed by atoms with E-state index in [2.05, 4.69) is 4.57 Å². The van der Waals surface area contributed by atoms with Gasteiger partial charge < -0.3 is 9.30 Å². The summed E-state index contributed by atoms with van der Waals surface area (Å²) in [5.74, 6) is -2.20. The number of hydrogen-bond acceptors (Lipinski definition) is 5. The lowest BCUT2D eigenvalue weighted by atomic mass is 9.81. The molecular formula is C22H30N2O5. The van der Waals surface area contributed by atoms with Gasteiger partial charge in [0.15, 0.2) is 6.61 Å². The highest BCUT2D eigenvalue weighted by Crippen LogP contribution is 2.38. The SMILES string of the molecule is Cc1cc(C(=O)COC(=O)[C@H](C)N2C(=O)[C@@H]3CCCC[C@H]3C2=O)c(C)n1C(C)C. The third-order valence-electron chi connectivity index (χ3n) is 6.25. The van der Waals surface area contributed by atoms with Gasteiger partial charge in [-0.3, -0.25) is 19.3 Å². The summed E-state index contributed by atoms with van der Waals surface area (Å²) in [6, 6.07) is 0.999. The molecule has 2 fully saturated rings. The summed E-state index contributed by atoms with van der Waals surface area (Å²) in [6.07, 6.45) is 3.24. The summed E-state index contributed by atoms with van der Waals surface area (Å²) >= 11 is 0. The maximum Gasteiger partial charge on any atom is 0.329 e. The number of carbonyl (C=O) groups is 4. The zero-order valence-electron chi connectivity index (χ0n) is 17.9. The molecule has 0 spiro atoms. The fourth-order valence-electron chi connectivity index (χ4n) is 4.86. The number of imide groups is 1. The monoisotopic (exact) mass is 402 g/mol. The Morgan fingerprint density at radius 3 is 2.10 bits per heavy atom. The van der Waals surface area contributed by atoms with Crippen LogP contribution in [0.25, 0.3) is 0 Å². The van der Waals surface area contributed by atoms with Gasteiger partial charge in [0, 0.05) is 23.0 Å². The lowest BCUT2D eigenvalue weighted by Crippen LogP contribution is -2.44. The molecule has 0 aromatic carbocycles. The number of aromatic nitrogens is 1. The minimum Gasteiger partial charge on any atom is -0.456 e. The minimum atomic E-state index is -1.02. The smallest absolute Gasteiger partial charge is 0.329 e. The first kappa shape index (κ1) is 21.3. The molecule has 0 unspecified atom stereocenters. The summed E-state index contributed by atoms with van der Waals surface area (Å²) in [7, 11) is 0. The second kappa shape index (κ2) is 8.13. The number of carbonyl (C=O) groups excluding carboxylic acids is 4. The van der Waals surface area contributed by atoms with Crippen molar-refractivity contribution in [3.63, 3.8) is 0 Å². The molecule has 1 aromatic rings. The summed E-state index contributed by atoms with van der Waals surface area (Å²) in [5.41, 5.74) is 2.33. The Morgan fingerprint density at radius 1 is 1.07 bits per heavy atom. The fraction of sp³-hybridized carbons (Fsp3) is 0.636. The van der Waals surface area contributed by atoms with Crippen molar-refractivity contribution in [2.75, 3.05) is 6.61 Å². The number of ether oxygens (including phenoxy) is 1. The molecule has 1 saturated carbocycles. The topological polar surface area (TPSA) is 85.7 Å². The normalized spacial score (nSPS) is 22.8. The van der Waals surface area contributed by atoms with Gasteiger partial charge in [0.05, 0.1) is 11.8 Å². The molecule has 0 N–H and O–H groups in total. The molecule has 1 aliphatic heterocycles. The van der Waals surface area contributed by atoms with Crippen LogP contribution in [0.15, 0.2) is 6.07 Å². The predicted molar refractivity (Wildman–Crippen MR) is 106 cm³/mol. The Morgan fingerprint density at radius 2 is 1.62 bits per heavy atom. The summed E-state index contributed by atoms with van der Waals surface area (Å²) < 4.78 is 7.26. The molecule has 2 heterocycles. The average molecular weight is 402 g/mol. The van der Waals surface area contributed by atoms with Gasteiger partial charge in [-0.2, -0.15) is 0 Å². The molecule has 1 aromatic heterocycles. The molecule has 3 atom stereocenters. The fourth-order valence-corrected chi connectivity index (χ4v) is 4.86. The van der Waals surface area contributed by atoms with E-state index in [0.29, 0.717) is 18.4 Å². The van der Waals surface area contributed by atoms with E-state index < -0.39 is 18.6 Å². The van der Waals surface area contributed by atoms with E-state index in [-0.39, 0.29) is 35.5 Å². The first-order valence-electron chi connectivity index (χ1n) is 10.4. The van der Waals surface area contributed by atoms with E-state index >= 15 is 0 Å². The summed E-state index contributed by atoms with van der Waals surface area (Å²) in [5, 5.41) is 0. The van der Waals surface area contributed by atoms with E-state index in [4.69, 9.17) is 4.74 Å². The van der Waals surface area contributed by atoms with Gasteiger partial charge in [0.1, 0.15) is 6.04 Å². The number of ketones is 1. The van der Waals surface area contributed by atoms with Crippen molar-refractivity contribution < 1.29 is 23.9 Å². The van der Waals surface area contributed by atoms with Crippen molar-refractivity contribution in [3.8, 4) is 0 Å². The van der Waals surface area contributed by atoms with E-state index in [1.54, 1.807) is 6.07 Å². The van der Waals surface area contributed by atoms with Crippen molar-refractivity contribution in [1.82, 2.24) is 9.47 Å². The molecular weight excluding hydrogens is 372 g/mol. The van der Waals surface area contributed by atoms with Crippen LogP contribution in [0.1, 0.15) is 74.2 Å². The second-order valence-electron chi connectivity index (χ2n) is 8.50. The van der Waals surface area contributed by atoms with Gasteiger partial charge in [-0.15, -0.1) is 0 Å². The van der Waals surface area contributed by atoms with Gasteiger partial charge in [0.25, 0.3) is 0 Å². The van der Waals surface area contributed by atoms with Crippen molar-refractivity contribution in [3.05, 3.63) is 23.0 Å². The van der Waals surface area contributed by atoms with Crippen LogP contribution in [0.4, 0.5) is 0 Å². The van der Waals surface area contributed by atoms with Gasteiger partial charge in [-0.1, -0.05) is 12.8 Å². The van der Waals surface area contributed by atoms with Crippen LogP contribution < -0.4 is 0 Å². The van der Waals surface area contributed by atoms with Crippen LogP contribution in [0.2, 0.25) is 0 Å². The highest BCUT2D eigenvalue weighted by molar-refractivity contribution is 6.08. The Kier molecular flexibility index (Phi) is 5.96. The number of aryl methyl sites for hydroxylation is 1. The zero-order valence-corrected chi connectivity index (χ0v) is 17.9. The molecule has 1 saturated heterocycles. The summed E-state index contributed by atoms with van der Waals surface area (Å²) in [4.78, 5) is 51.4. The lowest BCUT2D eigenvalue weighted by molar-refractivity contribution is -0.157. The molecule has 2 aliphatic rings. The Labute approximate surface area is 171 Å². The van der Waals surface area contributed by atoms with E-state index in [9.17, 15) is 19.2 Å². The Hall–Kier alpha value is -2.44. The van der Waals surface area contributed by atoms with Gasteiger partial charge in [-0.25, -0.2) is 4.79 Å². The average Bonchev–Trinajstić information content (AvgIpc) is 3.12. The van der Waals surface area contributed by atoms with E-state index in [1.165, 1.54) is 6.92 Å². The standard InChI is InChI=1S/C22H30N2O5/c1-12(2)23-13(3)10-18(14(23)4)19(25)11-29-22(28)15(5)24-20(26)16-8-6-7-9-17(16)21(24)27/h10,12,15-17H,6-9,11H2,1-5H3/t15-,16+,17+/m0/s1. The van der Waals surface area contributed by atoms with Crippen LogP contribution in [-0.2, 0) is 19.1 Å². The highest BCUT2D eigenvalue weighted by atomic mass is 16.5. The van der Waals surface area contributed by atoms with E-state index in [0.717, 1.165) is 29.1 Å². The minimum absolute atomic E-state index is 0.217. The first-order chi connectivity index (χ1) is 13.6. The maximum absolute atomic E-state index is 12.6. The lowest BCUT2D eigenvalue weighted by Gasteiger charge is -2.21. The molecule has 29 heavy (non-hydrogen) atoms.